The first-order valence-corrected chi connectivity index (χ1v) is 7.94. The molecule has 0 spiro atoms. The van der Waals surface area contributed by atoms with Crippen molar-refractivity contribution in [2.24, 2.45) is 11.8 Å². The molecular formula is C17H29NO. The Labute approximate surface area is 118 Å². The molecule has 0 saturated heterocycles. The summed E-state index contributed by atoms with van der Waals surface area (Å²) in [6.07, 6.45) is 13.8. The molecule has 1 N–H and O–H groups in total. The van der Waals surface area contributed by atoms with Gasteiger partial charge in [-0.2, -0.15) is 0 Å². The summed E-state index contributed by atoms with van der Waals surface area (Å²) in [6.45, 7) is 4.61. The minimum atomic E-state index is 0.636. The summed E-state index contributed by atoms with van der Waals surface area (Å²) < 4.78 is 5.31. The summed E-state index contributed by atoms with van der Waals surface area (Å²) in [5.41, 5.74) is 1.56. The fourth-order valence-corrected chi connectivity index (χ4v) is 2.79. The molecule has 1 atom stereocenters. The SMILES string of the molecule is COC1=CC=C(CCNCCCCC2CC2)C(C)C1. The predicted molar refractivity (Wildman–Crippen MR) is 81.0 cm³/mol. The molecule has 108 valence electrons. The number of allylic oxidation sites excluding steroid dienone is 3. The Kier molecular flexibility index (Phi) is 5.96. The van der Waals surface area contributed by atoms with Gasteiger partial charge in [-0.05, 0) is 43.8 Å². The third-order valence-electron chi connectivity index (χ3n) is 4.39. The summed E-state index contributed by atoms with van der Waals surface area (Å²) in [5.74, 6) is 2.84. The summed E-state index contributed by atoms with van der Waals surface area (Å²) >= 11 is 0. The van der Waals surface area contributed by atoms with Gasteiger partial charge in [-0.1, -0.05) is 44.3 Å². The van der Waals surface area contributed by atoms with Crippen LogP contribution in [0.4, 0.5) is 0 Å². The molecular weight excluding hydrogens is 234 g/mol. The molecule has 0 aromatic heterocycles. The van der Waals surface area contributed by atoms with Crippen molar-refractivity contribution in [1.82, 2.24) is 5.32 Å². The molecule has 0 bridgehead atoms. The van der Waals surface area contributed by atoms with Gasteiger partial charge in [-0.15, -0.1) is 0 Å². The molecule has 0 aromatic carbocycles. The average Bonchev–Trinajstić information content (AvgIpc) is 3.23. The van der Waals surface area contributed by atoms with Crippen LogP contribution in [0.3, 0.4) is 0 Å². The molecule has 0 amide bonds. The largest absolute Gasteiger partial charge is 0.501 e. The minimum absolute atomic E-state index is 0.636. The Morgan fingerprint density at radius 3 is 2.74 bits per heavy atom. The standard InChI is InChI=1S/C17H29NO/c1-14-13-17(19-2)9-8-16(14)10-12-18-11-4-3-5-15-6-7-15/h8-9,14-15,18H,3-7,10-13H2,1-2H3. The molecule has 2 rings (SSSR count). The lowest BCUT2D eigenvalue weighted by atomic mass is 9.90. The number of unbranched alkanes of at least 4 members (excludes halogenated alkanes) is 1. The van der Waals surface area contributed by atoms with Crippen LogP contribution in [0.1, 0.15) is 51.9 Å². The van der Waals surface area contributed by atoms with Crippen molar-refractivity contribution in [3.05, 3.63) is 23.5 Å². The number of nitrogens with one attached hydrogen (secondary N) is 1. The number of hydrogen-bond acceptors (Lipinski definition) is 2. The average molecular weight is 263 g/mol. The zero-order valence-electron chi connectivity index (χ0n) is 12.6. The first kappa shape index (κ1) is 14.6. The van der Waals surface area contributed by atoms with Gasteiger partial charge in [0, 0.05) is 6.42 Å². The summed E-state index contributed by atoms with van der Waals surface area (Å²) in [4.78, 5) is 0. The van der Waals surface area contributed by atoms with Crippen LogP contribution >= 0.6 is 0 Å². The maximum Gasteiger partial charge on any atom is 0.0961 e. The number of methoxy groups -OCH3 is 1. The van der Waals surface area contributed by atoms with E-state index in [9.17, 15) is 0 Å². The quantitative estimate of drug-likeness (QED) is 0.634. The molecule has 0 heterocycles. The Hall–Kier alpha value is -0.760. The van der Waals surface area contributed by atoms with Gasteiger partial charge < -0.3 is 10.1 Å². The smallest absolute Gasteiger partial charge is 0.0961 e. The molecule has 0 radical (unpaired) electrons. The highest BCUT2D eigenvalue weighted by Crippen LogP contribution is 2.33. The molecule has 2 nitrogen and oxygen atoms in total. The summed E-state index contributed by atoms with van der Waals surface area (Å²) in [7, 11) is 1.76. The second-order valence-corrected chi connectivity index (χ2v) is 6.12. The molecule has 0 aliphatic heterocycles. The Balaban J connectivity index is 1.52. The van der Waals surface area contributed by atoms with Crippen LogP contribution in [0.2, 0.25) is 0 Å². The van der Waals surface area contributed by atoms with Crippen LogP contribution in [-0.2, 0) is 4.74 Å². The Morgan fingerprint density at radius 2 is 2.05 bits per heavy atom. The number of ether oxygens (including phenoxy) is 1. The second kappa shape index (κ2) is 7.74. The van der Waals surface area contributed by atoms with E-state index in [0.717, 1.165) is 24.6 Å². The van der Waals surface area contributed by atoms with Crippen LogP contribution in [-0.4, -0.2) is 20.2 Å². The van der Waals surface area contributed by atoms with Gasteiger partial charge in [-0.3, -0.25) is 0 Å². The molecule has 1 saturated carbocycles. The zero-order valence-corrected chi connectivity index (χ0v) is 12.6. The molecule has 1 fully saturated rings. The molecule has 1 unspecified atom stereocenters. The van der Waals surface area contributed by atoms with E-state index in [-0.39, 0.29) is 0 Å². The number of rotatable bonds is 9. The zero-order chi connectivity index (χ0) is 13.5. The highest BCUT2D eigenvalue weighted by atomic mass is 16.5. The molecule has 2 aliphatic carbocycles. The lowest BCUT2D eigenvalue weighted by Crippen LogP contribution is -2.19. The van der Waals surface area contributed by atoms with E-state index >= 15 is 0 Å². The summed E-state index contributed by atoms with van der Waals surface area (Å²) in [5, 5.41) is 3.58. The molecule has 2 aliphatic rings. The van der Waals surface area contributed by atoms with Gasteiger partial charge in [0.2, 0.25) is 0 Å². The fraction of sp³-hybridized carbons (Fsp3) is 0.765. The first-order chi connectivity index (χ1) is 9.29. The monoisotopic (exact) mass is 263 g/mol. The first-order valence-electron chi connectivity index (χ1n) is 7.94. The fourth-order valence-electron chi connectivity index (χ4n) is 2.79. The van der Waals surface area contributed by atoms with Crippen LogP contribution in [0, 0.1) is 11.8 Å². The van der Waals surface area contributed by atoms with Crippen LogP contribution in [0.5, 0.6) is 0 Å². The van der Waals surface area contributed by atoms with E-state index in [1.54, 1.807) is 12.7 Å². The van der Waals surface area contributed by atoms with Crippen molar-refractivity contribution >= 4 is 0 Å². The summed E-state index contributed by atoms with van der Waals surface area (Å²) in [6, 6.07) is 0. The highest BCUT2D eigenvalue weighted by molar-refractivity contribution is 5.23. The third kappa shape index (κ3) is 5.40. The van der Waals surface area contributed by atoms with Crippen LogP contribution < -0.4 is 5.32 Å². The lowest BCUT2D eigenvalue weighted by molar-refractivity contribution is 0.264. The normalized spacial score (nSPS) is 22.9. The van der Waals surface area contributed by atoms with Gasteiger partial charge in [0.15, 0.2) is 0 Å². The topological polar surface area (TPSA) is 21.3 Å². The van der Waals surface area contributed by atoms with E-state index in [0.29, 0.717) is 5.92 Å². The van der Waals surface area contributed by atoms with Crippen molar-refractivity contribution in [2.45, 2.75) is 51.9 Å². The highest BCUT2D eigenvalue weighted by Gasteiger charge is 2.19. The molecule has 19 heavy (non-hydrogen) atoms. The maximum atomic E-state index is 5.31. The van der Waals surface area contributed by atoms with Gasteiger partial charge in [0.05, 0.1) is 12.9 Å². The van der Waals surface area contributed by atoms with Crippen LogP contribution in [0.15, 0.2) is 23.5 Å². The molecule has 0 aromatic rings. The van der Waals surface area contributed by atoms with E-state index < -0.39 is 0 Å². The van der Waals surface area contributed by atoms with Crippen molar-refractivity contribution < 1.29 is 4.74 Å². The van der Waals surface area contributed by atoms with Crippen molar-refractivity contribution in [3.8, 4) is 0 Å². The van der Waals surface area contributed by atoms with Crippen molar-refractivity contribution in [2.75, 3.05) is 20.2 Å². The third-order valence-corrected chi connectivity index (χ3v) is 4.39. The van der Waals surface area contributed by atoms with Crippen molar-refractivity contribution in [3.63, 3.8) is 0 Å². The minimum Gasteiger partial charge on any atom is -0.501 e. The van der Waals surface area contributed by atoms with Gasteiger partial charge in [0.1, 0.15) is 0 Å². The van der Waals surface area contributed by atoms with Crippen molar-refractivity contribution in [1.29, 1.82) is 0 Å². The van der Waals surface area contributed by atoms with E-state index in [2.05, 4.69) is 24.4 Å². The molecule has 2 heteroatoms. The lowest BCUT2D eigenvalue weighted by Gasteiger charge is -2.21. The Morgan fingerprint density at radius 1 is 1.21 bits per heavy atom. The van der Waals surface area contributed by atoms with Crippen LogP contribution in [0.25, 0.3) is 0 Å². The predicted octanol–water partition coefficient (Wildman–Crippen LogP) is 4.04. The van der Waals surface area contributed by atoms with Gasteiger partial charge in [-0.25, -0.2) is 0 Å². The van der Waals surface area contributed by atoms with Gasteiger partial charge in [0.25, 0.3) is 0 Å². The second-order valence-electron chi connectivity index (χ2n) is 6.12. The maximum absolute atomic E-state index is 5.31. The van der Waals surface area contributed by atoms with E-state index in [1.807, 2.05) is 0 Å². The van der Waals surface area contributed by atoms with E-state index in [4.69, 9.17) is 4.74 Å². The number of hydrogen-bond donors (Lipinski definition) is 1. The van der Waals surface area contributed by atoms with Gasteiger partial charge >= 0.3 is 0 Å². The Bertz CT molecular complexity index is 328. The van der Waals surface area contributed by atoms with E-state index in [1.165, 1.54) is 45.1 Å².